The zero-order valence-corrected chi connectivity index (χ0v) is 13.6. The minimum atomic E-state index is 0.465. The second-order valence-corrected chi connectivity index (χ2v) is 5.82. The predicted octanol–water partition coefficient (Wildman–Crippen LogP) is 4.28. The Hall–Kier alpha value is -1.74. The Morgan fingerprint density at radius 1 is 1.19 bits per heavy atom. The number of furan rings is 1. The molecule has 0 atom stereocenters. The van der Waals surface area contributed by atoms with E-state index in [1.54, 1.807) is 0 Å². The Balaban J connectivity index is 2.00. The molecular weight excluding hydrogens is 262 g/mol. The maximum atomic E-state index is 5.88. The van der Waals surface area contributed by atoms with E-state index >= 15 is 0 Å². The zero-order chi connectivity index (χ0) is 15.4. The van der Waals surface area contributed by atoms with Crippen LogP contribution in [-0.2, 0) is 13.2 Å². The Morgan fingerprint density at radius 2 is 1.95 bits per heavy atom. The molecule has 2 aromatic rings. The average Bonchev–Trinajstić information content (AvgIpc) is 2.78. The number of rotatable bonds is 6. The van der Waals surface area contributed by atoms with Gasteiger partial charge in [-0.3, -0.25) is 0 Å². The van der Waals surface area contributed by atoms with E-state index < -0.39 is 0 Å². The molecule has 0 amide bonds. The van der Waals surface area contributed by atoms with E-state index in [4.69, 9.17) is 9.15 Å². The van der Waals surface area contributed by atoms with Crippen molar-refractivity contribution >= 4 is 0 Å². The minimum absolute atomic E-state index is 0.465. The number of benzene rings is 1. The van der Waals surface area contributed by atoms with E-state index in [2.05, 4.69) is 45.1 Å². The molecule has 3 heteroatoms. The summed E-state index contributed by atoms with van der Waals surface area (Å²) in [5, 5.41) is 3.41. The van der Waals surface area contributed by atoms with E-state index in [1.807, 2.05) is 19.1 Å². The van der Waals surface area contributed by atoms with Crippen molar-refractivity contribution in [1.82, 2.24) is 5.32 Å². The van der Waals surface area contributed by atoms with Crippen molar-refractivity contribution in [3.05, 3.63) is 52.5 Å². The van der Waals surface area contributed by atoms with Crippen LogP contribution < -0.4 is 10.1 Å². The lowest BCUT2D eigenvalue weighted by Gasteiger charge is -2.09. The summed E-state index contributed by atoms with van der Waals surface area (Å²) >= 11 is 0. The molecule has 3 nitrogen and oxygen atoms in total. The molecular formula is C18H25NO2. The second kappa shape index (κ2) is 6.81. The first kappa shape index (κ1) is 15.6. The standard InChI is InChI=1S/C18H25NO2/c1-12(2)19-10-16-9-17(21-15(16)5)11-20-18-8-6-7-13(3)14(18)4/h6-9,12,19H,10-11H2,1-5H3. The lowest BCUT2D eigenvalue weighted by molar-refractivity contribution is 0.266. The lowest BCUT2D eigenvalue weighted by Crippen LogP contribution is -2.21. The molecule has 0 aliphatic heterocycles. The maximum absolute atomic E-state index is 5.88. The van der Waals surface area contributed by atoms with Gasteiger partial charge in [0.2, 0.25) is 0 Å². The quantitative estimate of drug-likeness (QED) is 0.861. The highest BCUT2D eigenvalue weighted by Crippen LogP contribution is 2.23. The fourth-order valence-corrected chi connectivity index (χ4v) is 2.18. The molecule has 1 aromatic carbocycles. The maximum Gasteiger partial charge on any atom is 0.146 e. The topological polar surface area (TPSA) is 34.4 Å². The van der Waals surface area contributed by atoms with Crippen LogP contribution in [-0.4, -0.2) is 6.04 Å². The normalized spacial score (nSPS) is 11.1. The Morgan fingerprint density at radius 3 is 2.67 bits per heavy atom. The van der Waals surface area contributed by atoms with Crippen LogP contribution in [0.4, 0.5) is 0 Å². The average molecular weight is 287 g/mol. The van der Waals surface area contributed by atoms with Gasteiger partial charge >= 0.3 is 0 Å². The molecule has 114 valence electrons. The Kier molecular flexibility index (Phi) is 5.07. The minimum Gasteiger partial charge on any atom is -0.485 e. The van der Waals surface area contributed by atoms with Crippen molar-refractivity contribution in [3.63, 3.8) is 0 Å². The van der Waals surface area contributed by atoms with Gasteiger partial charge in [0.1, 0.15) is 23.9 Å². The van der Waals surface area contributed by atoms with Crippen molar-refractivity contribution < 1.29 is 9.15 Å². The van der Waals surface area contributed by atoms with Crippen LogP contribution in [0.2, 0.25) is 0 Å². The molecule has 0 bridgehead atoms. The van der Waals surface area contributed by atoms with Gasteiger partial charge in [-0.1, -0.05) is 26.0 Å². The molecule has 0 aliphatic carbocycles. The highest BCUT2D eigenvalue weighted by atomic mass is 16.5. The first-order valence-corrected chi connectivity index (χ1v) is 7.48. The monoisotopic (exact) mass is 287 g/mol. The molecule has 1 heterocycles. The summed E-state index contributed by atoms with van der Waals surface area (Å²) in [5.74, 6) is 2.75. The van der Waals surface area contributed by atoms with Gasteiger partial charge in [0.05, 0.1) is 0 Å². The predicted molar refractivity (Wildman–Crippen MR) is 85.7 cm³/mol. The summed E-state index contributed by atoms with van der Waals surface area (Å²) in [7, 11) is 0. The molecule has 21 heavy (non-hydrogen) atoms. The van der Waals surface area contributed by atoms with Gasteiger partial charge in [-0.25, -0.2) is 0 Å². The van der Waals surface area contributed by atoms with E-state index in [0.29, 0.717) is 12.6 Å². The summed E-state index contributed by atoms with van der Waals surface area (Å²) in [6.07, 6.45) is 0. The number of nitrogens with one attached hydrogen (secondary N) is 1. The lowest BCUT2D eigenvalue weighted by atomic mass is 10.1. The zero-order valence-electron chi connectivity index (χ0n) is 13.6. The molecule has 0 saturated heterocycles. The van der Waals surface area contributed by atoms with Gasteiger partial charge in [0.15, 0.2) is 0 Å². The van der Waals surface area contributed by atoms with Crippen molar-refractivity contribution in [2.45, 2.75) is 53.8 Å². The molecule has 0 radical (unpaired) electrons. The van der Waals surface area contributed by atoms with Crippen LogP contribution in [0.1, 0.15) is 42.1 Å². The van der Waals surface area contributed by atoms with Crippen LogP contribution >= 0.6 is 0 Å². The van der Waals surface area contributed by atoms with Crippen LogP contribution in [0.15, 0.2) is 28.7 Å². The first-order chi connectivity index (χ1) is 9.97. The SMILES string of the molecule is Cc1cccc(OCc2cc(CNC(C)C)c(C)o2)c1C. The Bertz CT molecular complexity index is 599. The molecule has 0 aliphatic rings. The summed E-state index contributed by atoms with van der Waals surface area (Å²) < 4.78 is 11.7. The third kappa shape index (κ3) is 4.11. The van der Waals surface area contributed by atoms with Gasteiger partial charge in [0.25, 0.3) is 0 Å². The molecule has 0 unspecified atom stereocenters. The van der Waals surface area contributed by atoms with Crippen molar-refractivity contribution in [1.29, 1.82) is 0 Å². The Labute approximate surface area is 127 Å². The van der Waals surface area contributed by atoms with Crippen LogP contribution in [0.3, 0.4) is 0 Å². The van der Waals surface area contributed by atoms with E-state index in [1.165, 1.54) is 16.7 Å². The number of ether oxygens (including phenoxy) is 1. The summed E-state index contributed by atoms with van der Waals surface area (Å²) in [6, 6.07) is 8.65. The van der Waals surface area contributed by atoms with Crippen LogP contribution in [0.25, 0.3) is 0 Å². The summed E-state index contributed by atoms with van der Waals surface area (Å²) in [6.45, 7) is 11.7. The smallest absolute Gasteiger partial charge is 0.146 e. The van der Waals surface area contributed by atoms with Crippen LogP contribution in [0.5, 0.6) is 5.75 Å². The number of aryl methyl sites for hydroxylation is 2. The number of hydrogen-bond donors (Lipinski definition) is 1. The highest BCUT2D eigenvalue weighted by Gasteiger charge is 2.09. The number of hydrogen-bond acceptors (Lipinski definition) is 3. The molecule has 0 fully saturated rings. The van der Waals surface area contributed by atoms with Crippen LogP contribution in [0, 0.1) is 20.8 Å². The second-order valence-electron chi connectivity index (χ2n) is 5.82. The summed E-state index contributed by atoms with van der Waals surface area (Å²) in [4.78, 5) is 0. The fourth-order valence-electron chi connectivity index (χ4n) is 2.18. The first-order valence-electron chi connectivity index (χ1n) is 7.48. The molecule has 0 spiro atoms. The highest BCUT2D eigenvalue weighted by molar-refractivity contribution is 5.38. The van der Waals surface area contributed by atoms with Gasteiger partial charge in [-0.2, -0.15) is 0 Å². The van der Waals surface area contributed by atoms with Gasteiger partial charge in [-0.15, -0.1) is 0 Å². The van der Waals surface area contributed by atoms with Gasteiger partial charge in [-0.05, 0) is 44.0 Å². The van der Waals surface area contributed by atoms with E-state index in [9.17, 15) is 0 Å². The van der Waals surface area contributed by atoms with Crippen molar-refractivity contribution in [3.8, 4) is 5.75 Å². The van der Waals surface area contributed by atoms with E-state index in [0.717, 1.165) is 23.8 Å². The van der Waals surface area contributed by atoms with Crippen molar-refractivity contribution in [2.75, 3.05) is 0 Å². The summed E-state index contributed by atoms with van der Waals surface area (Å²) in [5.41, 5.74) is 3.62. The van der Waals surface area contributed by atoms with Gasteiger partial charge < -0.3 is 14.5 Å². The third-order valence-electron chi connectivity index (χ3n) is 3.70. The molecule has 2 rings (SSSR count). The van der Waals surface area contributed by atoms with Gasteiger partial charge in [0, 0.05) is 18.2 Å². The molecule has 1 N–H and O–H groups in total. The van der Waals surface area contributed by atoms with Crippen molar-refractivity contribution in [2.24, 2.45) is 0 Å². The molecule has 1 aromatic heterocycles. The molecule has 0 saturated carbocycles. The third-order valence-corrected chi connectivity index (χ3v) is 3.70. The largest absolute Gasteiger partial charge is 0.485 e. The van der Waals surface area contributed by atoms with E-state index in [-0.39, 0.29) is 0 Å². The fraction of sp³-hybridized carbons (Fsp3) is 0.444.